The second-order valence-corrected chi connectivity index (χ2v) is 6.40. The maximum Gasteiger partial charge on any atom is 0.337 e. The average Bonchev–Trinajstić information content (AvgIpc) is 2.76. The van der Waals surface area contributed by atoms with Gasteiger partial charge in [0.25, 0.3) is 0 Å². The Hall–Kier alpha value is -1.59. The van der Waals surface area contributed by atoms with Gasteiger partial charge in [-0.2, -0.15) is 0 Å². The highest BCUT2D eigenvalue weighted by Crippen LogP contribution is 2.20. The van der Waals surface area contributed by atoms with Crippen LogP contribution in [0.4, 0.5) is 5.82 Å². The Bertz CT molecular complexity index is 627. The van der Waals surface area contributed by atoms with E-state index in [1.54, 1.807) is 11.3 Å². The van der Waals surface area contributed by atoms with Gasteiger partial charge in [-0.05, 0) is 32.0 Å². The summed E-state index contributed by atoms with van der Waals surface area (Å²) in [7, 11) is 0. The van der Waals surface area contributed by atoms with E-state index in [4.69, 9.17) is 16.7 Å². The Kier molecular flexibility index (Phi) is 4.62. The van der Waals surface area contributed by atoms with Crippen LogP contribution >= 0.6 is 22.9 Å². The number of aryl methyl sites for hydroxylation is 1. The van der Waals surface area contributed by atoms with E-state index in [1.807, 2.05) is 6.92 Å². The number of nitrogens with zero attached hydrogens (tertiary/aromatic N) is 1. The van der Waals surface area contributed by atoms with Crippen molar-refractivity contribution in [3.63, 3.8) is 0 Å². The van der Waals surface area contributed by atoms with Crippen molar-refractivity contribution in [2.24, 2.45) is 0 Å². The van der Waals surface area contributed by atoms with Crippen molar-refractivity contribution < 1.29 is 9.90 Å². The summed E-state index contributed by atoms with van der Waals surface area (Å²) < 4.78 is 0. The lowest BCUT2D eigenvalue weighted by Gasteiger charge is -2.14. The number of carbonyl (C=O) groups is 1. The SMILES string of the molecule is Cc1ccc(CC(C)Nc2cc(C(=O)O)c(Cl)cn2)s1. The van der Waals surface area contributed by atoms with Crippen LogP contribution in [-0.2, 0) is 6.42 Å². The van der Waals surface area contributed by atoms with Crippen molar-refractivity contribution in [3.05, 3.63) is 44.7 Å². The fourth-order valence-corrected chi connectivity index (χ4v) is 3.08. The monoisotopic (exact) mass is 310 g/mol. The zero-order valence-corrected chi connectivity index (χ0v) is 12.8. The molecule has 2 rings (SSSR count). The van der Waals surface area contributed by atoms with E-state index in [1.165, 1.54) is 22.0 Å². The molecule has 0 amide bonds. The first kappa shape index (κ1) is 14.8. The van der Waals surface area contributed by atoms with E-state index in [-0.39, 0.29) is 16.6 Å². The van der Waals surface area contributed by atoms with Gasteiger partial charge in [0.05, 0.1) is 10.6 Å². The van der Waals surface area contributed by atoms with Gasteiger partial charge in [-0.15, -0.1) is 11.3 Å². The van der Waals surface area contributed by atoms with Gasteiger partial charge in [-0.3, -0.25) is 0 Å². The molecule has 2 N–H and O–H groups in total. The van der Waals surface area contributed by atoms with Gasteiger partial charge in [-0.25, -0.2) is 9.78 Å². The first-order valence-corrected chi connectivity index (χ1v) is 7.36. The third kappa shape index (κ3) is 3.71. The predicted octanol–water partition coefficient (Wildman–Crippen LogP) is 3.85. The topological polar surface area (TPSA) is 62.2 Å². The minimum Gasteiger partial charge on any atom is -0.478 e. The molecule has 0 aliphatic rings. The van der Waals surface area contributed by atoms with Crippen LogP contribution in [0, 0.1) is 6.92 Å². The molecule has 106 valence electrons. The van der Waals surface area contributed by atoms with Crippen molar-refractivity contribution >= 4 is 34.7 Å². The van der Waals surface area contributed by atoms with Gasteiger partial charge in [0, 0.05) is 28.4 Å². The summed E-state index contributed by atoms with van der Waals surface area (Å²) in [6.07, 6.45) is 2.22. The number of pyridine rings is 1. The van der Waals surface area contributed by atoms with E-state index in [9.17, 15) is 4.79 Å². The Morgan fingerprint density at radius 3 is 2.90 bits per heavy atom. The summed E-state index contributed by atoms with van der Waals surface area (Å²) in [4.78, 5) is 17.7. The van der Waals surface area contributed by atoms with Crippen molar-refractivity contribution in [1.82, 2.24) is 4.98 Å². The van der Waals surface area contributed by atoms with Gasteiger partial charge >= 0.3 is 5.97 Å². The fraction of sp³-hybridized carbons (Fsp3) is 0.286. The second kappa shape index (κ2) is 6.24. The van der Waals surface area contributed by atoms with Crippen molar-refractivity contribution in [1.29, 1.82) is 0 Å². The number of carboxylic acids is 1. The molecule has 0 bridgehead atoms. The number of anilines is 1. The van der Waals surface area contributed by atoms with Gasteiger partial charge in [0.2, 0.25) is 0 Å². The van der Waals surface area contributed by atoms with Gasteiger partial charge in [0.1, 0.15) is 5.82 Å². The van der Waals surface area contributed by atoms with Crippen LogP contribution in [0.5, 0.6) is 0 Å². The van der Waals surface area contributed by atoms with Crippen LogP contribution < -0.4 is 5.32 Å². The molecule has 6 heteroatoms. The largest absolute Gasteiger partial charge is 0.478 e. The molecule has 0 fully saturated rings. The molecule has 20 heavy (non-hydrogen) atoms. The number of aromatic carboxylic acids is 1. The third-order valence-electron chi connectivity index (χ3n) is 2.78. The summed E-state index contributed by atoms with van der Waals surface area (Å²) in [5, 5.41) is 12.4. The van der Waals surface area contributed by atoms with Gasteiger partial charge in [0.15, 0.2) is 0 Å². The van der Waals surface area contributed by atoms with E-state index in [0.29, 0.717) is 5.82 Å². The molecule has 1 unspecified atom stereocenters. The van der Waals surface area contributed by atoms with Crippen LogP contribution in [-0.4, -0.2) is 22.1 Å². The van der Waals surface area contributed by atoms with Crippen molar-refractivity contribution in [2.45, 2.75) is 26.3 Å². The molecule has 0 aliphatic heterocycles. The second-order valence-electron chi connectivity index (χ2n) is 4.62. The quantitative estimate of drug-likeness (QED) is 0.880. The Balaban J connectivity index is 2.06. The molecule has 0 radical (unpaired) electrons. The van der Waals surface area contributed by atoms with Crippen molar-refractivity contribution in [2.75, 3.05) is 5.32 Å². The average molecular weight is 311 g/mol. The van der Waals surface area contributed by atoms with Crippen LogP contribution in [0.1, 0.15) is 27.0 Å². The Morgan fingerprint density at radius 2 is 2.30 bits per heavy atom. The highest BCUT2D eigenvalue weighted by molar-refractivity contribution is 7.11. The molecule has 4 nitrogen and oxygen atoms in total. The van der Waals surface area contributed by atoms with Crippen LogP contribution in [0.2, 0.25) is 5.02 Å². The lowest BCUT2D eigenvalue weighted by Crippen LogP contribution is -2.18. The lowest BCUT2D eigenvalue weighted by molar-refractivity contribution is 0.0697. The lowest BCUT2D eigenvalue weighted by atomic mass is 10.2. The van der Waals surface area contributed by atoms with Gasteiger partial charge in [-0.1, -0.05) is 11.6 Å². The highest BCUT2D eigenvalue weighted by Gasteiger charge is 2.12. The molecule has 0 aromatic carbocycles. The number of rotatable bonds is 5. The van der Waals surface area contributed by atoms with E-state index in [0.717, 1.165) is 6.42 Å². The van der Waals surface area contributed by atoms with E-state index < -0.39 is 5.97 Å². The number of nitrogens with one attached hydrogen (secondary N) is 1. The van der Waals surface area contributed by atoms with E-state index >= 15 is 0 Å². The normalized spacial score (nSPS) is 12.2. The van der Waals surface area contributed by atoms with Crippen LogP contribution in [0.15, 0.2) is 24.4 Å². The number of carboxylic acid groups (broad SMARTS) is 1. The van der Waals surface area contributed by atoms with E-state index in [2.05, 4.69) is 29.4 Å². The summed E-state index contributed by atoms with van der Waals surface area (Å²) in [5.41, 5.74) is 0.0586. The number of hydrogen-bond donors (Lipinski definition) is 2. The summed E-state index contributed by atoms with van der Waals surface area (Å²) in [5.74, 6) is -0.533. The first-order chi connectivity index (χ1) is 9.45. The molecule has 0 saturated carbocycles. The van der Waals surface area contributed by atoms with Crippen LogP contribution in [0.3, 0.4) is 0 Å². The molecule has 0 aliphatic carbocycles. The minimum absolute atomic E-state index is 0.0586. The molecular formula is C14H15ClN2O2S. The molecule has 0 saturated heterocycles. The molecule has 2 heterocycles. The number of thiophene rings is 1. The molecule has 2 aromatic rings. The number of halogens is 1. The minimum atomic E-state index is -1.05. The molecular weight excluding hydrogens is 296 g/mol. The molecule has 0 spiro atoms. The maximum atomic E-state index is 11.0. The number of hydrogen-bond acceptors (Lipinski definition) is 4. The smallest absolute Gasteiger partial charge is 0.337 e. The van der Waals surface area contributed by atoms with Crippen molar-refractivity contribution in [3.8, 4) is 0 Å². The predicted molar refractivity (Wildman–Crippen MR) is 82.1 cm³/mol. The summed E-state index contributed by atoms with van der Waals surface area (Å²) in [6, 6.07) is 5.82. The fourth-order valence-electron chi connectivity index (χ4n) is 1.88. The first-order valence-electron chi connectivity index (χ1n) is 6.16. The zero-order chi connectivity index (χ0) is 14.7. The van der Waals surface area contributed by atoms with Crippen LogP contribution in [0.25, 0.3) is 0 Å². The highest BCUT2D eigenvalue weighted by atomic mass is 35.5. The number of aromatic nitrogens is 1. The standard InChI is InChI=1S/C14H15ClN2O2S/c1-8(5-10-4-3-9(2)20-10)17-13-6-11(14(18)19)12(15)7-16-13/h3-4,6-8H,5H2,1-2H3,(H,16,17)(H,18,19). The maximum absolute atomic E-state index is 11.0. The van der Waals surface area contributed by atoms with Gasteiger partial charge < -0.3 is 10.4 Å². The Morgan fingerprint density at radius 1 is 1.55 bits per heavy atom. The molecule has 2 aromatic heterocycles. The summed E-state index contributed by atoms with van der Waals surface area (Å²) in [6.45, 7) is 4.11. The Labute approximate surface area is 126 Å². The third-order valence-corrected chi connectivity index (χ3v) is 4.11. The molecule has 1 atom stereocenters. The summed E-state index contributed by atoms with van der Waals surface area (Å²) >= 11 is 7.55. The zero-order valence-electron chi connectivity index (χ0n) is 11.2.